The lowest BCUT2D eigenvalue weighted by Gasteiger charge is -2.17. The highest BCUT2D eigenvalue weighted by Gasteiger charge is 2.45. The maximum Gasteiger partial charge on any atom is 0.245 e. The van der Waals surface area contributed by atoms with Crippen LogP contribution in [0.15, 0.2) is 69.9 Å². The van der Waals surface area contributed by atoms with E-state index in [9.17, 15) is 9.59 Å². The van der Waals surface area contributed by atoms with E-state index in [0.717, 1.165) is 11.1 Å². The zero-order valence-electron chi connectivity index (χ0n) is 23.9. The second-order valence-corrected chi connectivity index (χ2v) is 15.3. The van der Waals surface area contributed by atoms with Gasteiger partial charge in [-0.2, -0.15) is 0 Å². The minimum absolute atomic E-state index is 0.0260. The predicted octanol–water partition coefficient (Wildman–Crippen LogP) is 5.03. The molecule has 2 aliphatic heterocycles. The van der Waals surface area contributed by atoms with Crippen molar-refractivity contribution >= 4 is 77.6 Å². The molecule has 2 rings (SSSR count). The molecular formula is C26H38N8O2S4. The average Bonchev–Trinajstić information content (AvgIpc) is 3.21. The molecule has 2 aliphatic rings. The zero-order chi connectivity index (χ0) is 30.1. The Kier molecular flexibility index (Phi) is 12.7. The smallest absolute Gasteiger partial charge is 0.245 e. The Hall–Kier alpha value is -2.42. The third kappa shape index (κ3) is 9.60. The van der Waals surface area contributed by atoms with E-state index in [1.165, 1.54) is 45.1 Å². The van der Waals surface area contributed by atoms with Gasteiger partial charge in [0.15, 0.2) is 20.7 Å². The van der Waals surface area contributed by atoms with Crippen molar-refractivity contribution in [1.29, 1.82) is 0 Å². The number of amides is 2. The summed E-state index contributed by atoms with van der Waals surface area (Å²) in [4.78, 5) is 33.4. The maximum absolute atomic E-state index is 12.9. The SMILES string of the molecule is C=CCN=C(NN=C1SC(C)(C)C(=O)N1CC(=C)C)SSC(=NN=C1SC(C)(C)C(=O)N1CC(=C)C)NCC=C. The van der Waals surface area contributed by atoms with E-state index in [0.29, 0.717) is 46.8 Å². The minimum Gasteiger partial charge on any atom is -0.359 e. The Balaban J connectivity index is 2.26. The lowest BCUT2D eigenvalue weighted by molar-refractivity contribution is -0.128. The van der Waals surface area contributed by atoms with E-state index < -0.39 is 9.49 Å². The van der Waals surface area contributed by atoms with Gasteiger partial charge in [0.05, 0.1) is 16.0 Å². The summed E-state index contributed by atoms with van der Waals surface area (Å²) < 4.78 is -1.27. The van der Waals surface area contributed by atoms with Crippen molar-refractivity contribution in [3.8, 4) is 0 Å². The number of hydrogen-bond acceptors (Lipinski definition) is 10. The van der Waals surface area contributed by atoms with E-state index in [1.807, 2.05) is 41.5 Å². The maximum atomic E-state index is 12.9. The lowest BCUT2D eigenvalue weighted by Crippen LogP contribution is -2.37. The predicted molar refractivity (Wildman–Crippen MR) is 178 cm³/mol. The summed E-state index contributed by atoms with van der Waals surface area (Å²) >= 11 is 2.74. The van der Waals surface area contributed by atoms with Crippen LogP contribution in [0.25, 0.3) is 0 Å². The standard InChI is InChI=1S/C26H38N8O2S4/c1-11-13-27-21(29-31-23-33(15-17(3)4)19(35)25(7,8)37-23)39-40-22(28-14-12-2)30-32-24-34(16-18(5)6)20(36)26(9,10)38-24/h11-12H,1-3,5,13-16H2,4,6-10H3,(H,27,29)(H,28,30). The van der Waals surface area contributed by atoms with Gasteiger partial charge in [-0.25, -0.2) is 0 Å². The molecule has 0 saturated carbocycles. The van der Waals surface area contributed by atoms with Crippen LogP contribution in [-0.2, 0) is 9.59 Å². The molecule has 0 aliphatic carbocycles. The fourth-order valence-corrected chi connectivity index (χ4v) is 6.79. The van der Waals surface area contributed by atoms with Gasteiger partial charge >= 0.3 is 0 Å². The Morgan fingerprint density at radius 1 is 0.900 bits per heavy atom. The van der Waals surface area contributed by atoms with Crippen molar-refractivity contribution in [2.45, 2.75) is 51.0 Å². The Labute approximate surface area is 253 Å². The summed E-state index contributed by atoms with van der Waals surface area (Å²) in [6, 6.07) is 0. The van der Waals surface area contributed by atoms with Crippen LogP contribution in [0.1, 0.15) is 41.5 Å². The molecule has 0 bridgehead atoms. The minimum atomic E-state index is -0.639. The van der Waals surface area contributed by atoms with Gasteiger partial charge in [-0.3, -0.25) is 29.8 Å². The number of hydrazone groups is 1. The first-order valence-electron chi connectivity index (χ1n) is 12.4. The molecule has 0 radical (unpaired) electrons. The van der Waals surface area contributed by atoms with Gasteiger partial charge in [0.1, 0.15) is 0 Å². The van der Waals surface area contributed by atoms with Gasteiger partial charge in [0.25, 0.3) is 0 Å². The Bertz CT molecular complexity index is 1170. The lowest BCUT2D eigenvalue weighted by atomic mass is 10.1. The normalized spacial score (nSPS) is 20.9. The van der Waals surface area contributed by atoms with Crippen molar-refractivity contribution in [2.24, 2.45) is 20.3 Å². The molecule has 0 aromatic rings. The molecule has 0 unspecified atom stereocenters. The van der Waals surface area contributed by atoms with Gasteiger partial charge in [-0.15, -0.1) is 28.5 Å². The third-order valence-electron chi connectivity index (χ3n) is 4.97. The topological polar surface area (TPSA) is 114 Å². The van der Waals surface area contributed by atoms with Crippen LogP contribution in [0.2, 0.25) is 0 Å². The highest BCUT2D eigenvalue weighted by atomic mass is 33.1. The quantitative estimate of drug-likeness (QED) is 0.115. The summed E-state index contributed by atoms with van der Waals surface area (Å²) in [7, 11) is 2.57. The third-order valence-corrected chi connectivity index (χ3v) is 9.36. The molecule has 2 heterocycles. The first kappa shape index (κ1) is 33.8. The van der Waals surface area contributed by atoms with Crippen LogP contribution >= 0.6 is 45.1 Å². The molecule has 2 amide bonds. The average molecular weight is 623 g/mol. The van der Waals surface area contributed by atoms with Crippen molar-refractivity contribution in [2.75, 3.05) is 26.2 Å². The largest absolute Gasteiger partial charge is 0.359 e. The molecule has 10 nitrogen and oxygen atoms in total. The van der Waals surface area contributed by atoms with Gasteiger partial charge in [0, 0.05) is 19.6 Å². The first-order valence-corrected chi connectivity index (χ1v) is 16.1. The molecule has 0 aromatic heterocycles. The first-order chi connectivity index (χ1) is 18.7. The number of hydrogen-bond donors (Lipinski definition) is 2. The van der Waals surface area contributed by atoms with Crippen molar-refractivity contribution in [3.05, 3.63) is 49.6 Å². The van der Waals surface area contributed by atoms with Crippen LogP contribution in [0.5, 0.6) is 0 Å². The van der Waals surface area contributed by atoms with Crippen LogP contribution in [-0.4, -0.2) is 78.0 Å². The number of thioether (sulfide) groups is 2. The molecule has 14 heteroatoms. The molecule has 2 saturated heterocycles. The van der Waals surface area contributed by atoms with Crippen molar-refractivity contribution in [3.63, 3.8) is 0 Å². The van der Waals surface area contributed by atoms with Crippen molar-refractivity contribution < 1.29 is 9.59 Å². The van der Waals surface area contributed by atoms with E-state index in [1.54, 1.807) is 22.0 Å². The molecule has 0 spiro atoms. The fraction of sp³-hybridized carbons (Fsp3) is 0.462. The molecule has 218 valence electrons. The van der Waals surface area contributed by atoms with E-state index in [2.05, 4.69) is 57.4 Å². The second-order valence-electron chi connectivity index (χ2n) is 9.99. The van der Waals surface area contributed by atoms with Gasteiger partial charge in [0.2, 0.25) is 11.8 Å². The number of rotatable bonds is 10. The Morgan fingerprint density at radius 3 is 1.95 bits per heavy atom. The number of nitrogens with one attached hydrogen (secondary N) is 2. The highest BCUT2D eigenvalue weighted by molar-refractivity contribution is 8.87. The fourth-order valence-electron chi connectivity index (χ4n) is 3.19. The van der Waals surface area contributed by atoms with E-state index >= 15 is 0 Å². The monoisotopic (exact) mass is 622 g/mol. The number of amidine groups is 4. The Morgan fingerprint density at radius 2 is 1.43 bits per heavy atom. The number of carbonyl (C=O) groups excluding carboxylic acids is 2. The molecule has 2 fully saturated rings. The molecular weight excluding hydrogens is 585 g/mol. The summed E-state index contributed by atoms with van der Waals surface area (Å²) in [6.07, 6.45) is 3.38. The second kappa shape index (κ2) is 15.0. The van der Waals surface area contributed by atoms with Crippen LogP contribution in [0.4, 0.5) is 0 Å². The molecule has 0 atom stereocenters. The van der Waals surface area contributed by atoms with Gasteiger partial charge in [-0.05, 0) is 63.1 Å². The summed E-state index contributed by atoms with van der Waals surface area (Å²) in [5.41, 5.74) is 4.70. The van der Waals surface area contributed by atoms with Crippen LogP contribution < -0.4 is 10.7 Å². The van der Waals surface area contributed by atoms with E-state index in [-0.39, 0.29) is 11.8 Å². The van der Waals surface area contributed by atoms with Gasteiger partial charge < -0.3 is 5.32 Å². The molecule has 40 heavy (non-hydrogen) atoms. The van der Waals surface area contributed by atoms with Crippen LogP contribution in [0.3, 0.4) is 0 Å². The molecule has 2 N–H and O–H groups in total. The van der Waals surface area contributed by atoms with Crippen LogP contribution in [0, 0.1) is 0 Å². The molecule has 0 aromatic carbocycles. The van der Waals surface area contributed by atoms with E-state index in [4.69, 9.17) is 0 Å². The summed E-state index contributed by atoms with van der Waals surface area (Å²) in [5, 5.41) is 18.5. The number of aliphatic imine (C=N–C) groups is 1. The highest BCUT2D eigenvalue weighted by Crippen LogP contribution is 2.38. The summed E-state index contributed by atoms with van der Waals surface area (Å²) in [6.45, 7) is 28.2. The number of carbonyl (C=O) groups is 2. The van der Waals surface area contributed by atoms with Gasteiger partial charge in [-0.1, -0.05) is 60.0 Å². The zero-order valence-corrected chi connectivity index (χ0v) is 27.2. The number of nitrogens with zero attached hydrogens (tertiary/aromatic N) is 6. The van der Waals surface area contributed by atoms with Crippen molar-refractivity contribution in [1.82, 2.24) is 20.5 Å². The summed E-state index contributed by atoms with van der Waals surface area (Å²) in [5.74, 6) is -0.0617.